The monoisotopic (exact) mass is 353 g/mol. The highest BCUT2D eigenvalue weighted by molar-refractivity contribution is 7.98. The van der Waals surface area contributed by atoms with Gasteiger partial charge in [0.05, 0.1) is 0 Å². The molecule has 0 aromatic carbocycles. The molecule has 1 saturated carbocycles. The van der Waals surface area contributed by atoms with Gasteiger partial charge in [-0.1, -0.05) is 44.4 Å². The van der Waals surface area contributed by atoms with Crippen molar-refractivity contribution in [3.63, 3.8) is 0 Å². The summed E-state index contributed by atoms with van der Waals surface area (Å²) in [4.78, 5) is 11.7. The van der Waals surface area contributed by atoms with Crippen LogP contribution in [0.1, 0.15) is 70.2 Å². The molecule has 1 aliphatic carbocycles. The van der Waals surface area contributed by atoms with E-state index in [1.807, 2.05) is 0 Å². The quantitative estimate of drug-likeness (QED) is 0.498. The molecule has 1 fully saturated rings. The van der Waals surface area contributed by atoms with E-state index in [9.17, 15) is 4.79 Å². The first-order valence-corrected chi connectivity index (χ1v) is 10.5. The minimum atomic E-state index is -0.0619. The molecule has 0 atom stereocenters. The molecule has 0 unspecified atom stereocenters. The lowest BCUT2D eigenvalue weighted by Crippen LogP contribution is -2.36. The fourth-order valence-corrected chi connectivity index (χ4v) is 3.81. The van der Waals surface area contributed by atoms with Crippen LogP contribution in [0, 0.1) is 0 Å². The van der Waals surface area contributed by atoms with Crippen molar-refractivity contribution in [3.8, 4) is 0 Å². The molecule has 0 bridgehead atoms. The fraction of sp³-hybridized carbons (Fsp3) is 0.824. The van der Waals surface area contributed by atoms with Crippen LogP contribution in [-0.4, -0.2) is 40.1 Å². The lowest BCUT2D eigenvalue weighted by atomic mass is 10.2. The molecule has 6 nitrogen and oxygen atoms in total. The molecule has 24 heavy (non-hydrogen) atoms. The molecule has 1 aliphatic rings. The predicted octanol–water partition coefficient (Wildman–Crippen LogP) is 3.54. The molecule has 2 N–H and O–H groups in total. The van der Waals surface area contributed by atoms with Crippen molar-refractivity contribution < 1.29 is 4.79 Å². The van der Waals surface area contributed by atoms with Gasteiger partial charge in [-0.3, -0.25) is 0 Å². The summed E-state index contributed by atoms with van der Waals surface area (Å²) in [5.74, 6) is 1.07. The van der Waals surface area contributed by atoms with Crippen molar-refractivity contribution in [1.82, 2.24) is 25.4 Å². The lowest BCUT2D eigenvalue weighted by molar-refractivity contribution is 0.240. The Bertz CT molecular complexity index is 499. The van der Waals surface area contributed by atoms with Crippen LogP contribution in [0.2, 0.25) is 0 Å². The van der Waals surface area contributed by atoms with Crippen LogP contribution in [0.25, 0.3) is 0 Å². The minimum Gasteiger partial charge on any atom is -0.338 e. The van der Waals surface area contributed by atoms with E-state index in [1.54, 1.807) is 11.8 Å². The van der Waals surface area contributed by atoms with Gasteiger partial charge in [-0.2, -0.15) is 0 Å². The van der Waals surface area contributed by atoms with Crippen molar-refractivity contribution in [3.05, 3.63) is 5.82 Å². The largest absolute Gasteiger partial charge is 0.338 e. The van der Waals surface area contributed by atoms with Gasteiger partial charge in [0.2, 0.25) is 0 Å². The first kappa shape index (κ1) is 19.1. The zero-order valence-corrected chi connectivity index (χ0v) is 15.8. The Morgan fingerprint density at radius 2 is 1.88 bits per heavy atom. The average molecular weight is 354 g/mol. The molecule has 2 amide bonds. The molecule has 7 heteroatoms. The van der Waals surface area contributed by atoms with E-state index in [-0.39, 0.29) is 6.03 Å². The summed E-state index contributed by atoms with van der Waals surface area (Å²) in [5.41, 5.74) is 0. The van der Waals surface area contributed by atoms with Gasteiger partial charge in [0.15, 0.2) is 5.16 Å². The molecule has 1 heterocycles. The average Bonchev–Trinajstić information content (AvgIpc) is 3.24. The summed E-state index contributed by atoms with van der Waals surface area (Å²) in [6, 6.07) is 0.500. The van der Waals surface area contributed by atoms with Gasteiger partial charge < -0.3 is 15.2 Å². The number of rotatable bonds is 10. The number of aromatic nitrogens is 3. The van der Waals surface area contributed by atoms with Gasteiger partial charge in [-0.05, 0) is 31.9 Å². The van der Waals surface area contributed by atoms with Crippen molar-refractivity contribution in [2.75, 3.05) is 19.3 Å². The number of thioether (sulfide) groups is 1. The molecule has 1 aromatic heterocycles. The number of nitrogens with zero attached hydrogens (tertiary/aromatic N) is 3. The number of carbonyl (C=O) groups is 1. The number of amides is 2. The highest BCUT2D eigenvalue weighted by Crippen LogP contribution is 2.33. The zero-order chi connectivity index (χ0) is 17.2. The van der Waals surface area contributed by atoms with Crippen LogP contribution in [0.15, 0.2) is 5.16 Å². The lowest BCUT2D eigenvalue weighted by Gasteiger charge is -2.16. The molecule has 2 rings (SSSR count). The number of urea groups is 1. The van der Waals surface area contributed by atoms with Crippen LogP contribution in [0.5, 0.6) is 0 Å². The van der Waals surface area contributed by atoms with Gasteiger partial charge in [0.25, 0.3) is 0 Å². The summed E-state index contributed by atoms with van der Waals surface area (Å²) < 4.78 is 2.34. The van der Waals surface area contributed by atoms with E-state index >= 15 is 0 Å². The SMILES string of the molecule is CCCCCNC(=O)NCCCc1nnc(SC)n1C1CCCC1. The van der Waals surface area contributed by atoms with Crippen LogP contribution in [0.4, 0.5) is 4.79 Å². The molecule has 1 aromatic rings. The Hall–Kier alpha value is -1.24. The summed E-state index contributed by atoms with van der Waals surface area (Å²) in [6.45, 7) is 3.59. The molecule has 0 spiro atoms. The van der Waals surface area contributed by atoms with Gasteiger partial charge in [-0.25, -0.2) is 4.79 Å². The minimum absolute atomic E-state index is 0.0619. The molecule has 0 saturated heterocycles. The number of carbonyl (C=O) groups excluding carboxylic acids is 1. The summed E-state index contributed by atoms with van der Waals surface area (Å²) >= 11 is 1.67. The van der Waals surface area contributed by atoms with Crippen LogP contribution < -0.4 is 10.6 Å². The highest BCUT2D eigenvalue weighted by Gasteiger charge is 2.23. The van der Waals surface area contributed by atoms with E-state index in [0.717, 1.165) is 43.2 Å². The van der Waals surface area contributed by atoms with Gasteiger partial charge in [-0.15, -0.1) is 10.2 Å². The van der Waals surface area contributed by atoms with Crippen LogP contribution in [0.3, 0.4) is 0 Å². The molecule has 0 aliphatic heterocycles. The van der Waals surface area contributed by atoms with Crippen molar-refractivity contribution in [2.45, 2.75) is 75.9 Å². The van der Waals surface area contributed by atoms with Crippen molar-refractivity contribution in [2.24, 2.45) is 0 Å². The number of hydrogen-bond donors (Lipinski definition) is 2. The number of nitrogens with one attached hydrogen (secondary N) is 2. The topological polar surface area (TPSA) is 71.8 Å². The Labute approximate surface area is 149 Å². The first-order valence-electron chi connectivity index (χ1n) is 9.25. The van der Waals surface area contributed by atoms with E-state index in [1.165, 1.54) is 32.1 Å². The Morgan fingerprint density at radius 1 is 1.17 bits per heavy atom. The smallest absolute Gasteiger partial charge is 0.314 e. The molecule has 136 valence electrons. The second-order valence-electron chi connectivity index (χ2n) is 6.40. The first-order chi connectivity index (χ1) is 11.8. The van der Waals surface area contributed by atoms with Crippen LogP contribution >= 0.6 is 11.8 Å². The predicted molar refractivity (Wildman–Crippen MR) is 98.6 cm³/mol. The molecule has 0 radical (unpaired) electrons. The third-order valence-corrected chi connectivity index (χ3v) is 5.18. The summed E-state index contributed by atoms with van der Waals surface area (Å²) in [5, 5.41) is 15.6. The maximum atomic E-state index is 11.7. The Kier molecular flexibility index (Phi) is 8.42. The van der Waals surface area contributed by atoms with Gasteiger partial charge >= 0.3 is 6.03 Å². The Morgan fingerprint density at radius 3 is 2.54 bits per heavy atom. The Balaban J connectivity index is 1.72. The number of hydrogen-bond acceptors (Lipinski definition) is 4. The van der Waals surface area contributed by atoms with E-state index < -0.39 is 0 Å². The molecular formula is C17H31N5OS. The maximum absolute atomic E-state index is 11.7. The number of unbranched alkanes of at least 4 members (excludes halogenated alkanes) is 2. The third-order valence-electron chi connectivity index (χ3n) is 4.54. The van der Waals surface area contributed by atoms with Gasteiger partial charge in [0.1, 0.15) is 5.82 Å². The van der Waals surface area contributed by atoms with E-state index in [0.29, 0.717) is 12.6 Å². The third kappa shape index (κ3) is 5.69. The van der Waals surface area contributed by atoms with E-state index in [2.05, 4.69) is 38.6 Å². The summed E-state index contributed by atoms with van der Waals surface area (Å²) in [7, 11) is 0. The van der Waals surface area contributed by atoms with E-state index in [4.69, 9.17) is 0 Å². The van der Waals surface area contributed by atoms with Crippen molar-refractivity contribution >= 4 is 17.8 Å². The standard InChI is InChI=1S/C17H31N5OS/c1-3-4-7-12-18-16(23)19-13-8-11-15-20-21-17(24-2)22(15)14-9-5-6-10-14/h14H,3-13H2,1-2H3,(H2,18,19,23). The highest BCUT2D eigenvalue weighted by atomic mass is 32.2. The fourth-order valence-electron chi connectivity index (χ4n) is 3.23. The number of aryl methyl sites for hydroxylation is 1. The second-order valence-corrected chi connectivity index (χ2v) is 7.18. The molecular weight excluding hydrogens is 322 g/mol. The van der Waals surface area contributed by atoms with Crippen molar-refractivity contribution in [1.29, 1.82) is 0 Å². The zero-order valence-electron chi connectivity index (χ0n) is 15.0. The second kappa shape index (κ2) is 10.6. The van der Waals surface area contributed by atoms with Gasteiger partial charge in [0, 0.05) is 25.6 Å². The normalized spacial score (nSPS) is 14.9. The van der Waals surface area contributed by atoms with Crippen LogP contribution in [-0.2, 0) is 6.42 Å². The summed E-state index contributed by atoms with van der Waals surface area (Å²) in [6.07, 6.45) is 12.3. The maximum Gasteiger partial charge on any atom is 0.314 e.